The summed E-state index contributed by atoms with van der Waals surface area (Å²) in [5, 5.41) is 0. The zero-order valence-electron chi connectivity index (χ0n) is 17.0. The minimum absolute atomic E-state index is 0.0238. The molecule has 3 aliphatic rings. The molecule has 0 aromatic heterocycles. The van der Waals surface area contributed by atoms with Crippen molar-refractivity contribution in [3.05, 3.63) is 29.3 Å². The molecule has 1 atom stereocenters. The minimum Gasteiger partial charge on any atom is -0.330 e. The fourth-order valence-corrected chi connectivity index (χ4v) is 7.29. The van der Waals surface area contributed by atoms with Gasteiger partial charge in [-0.25, -0.2) is 8.42 Å². The van der Waals surface area contributed by atoms with Gasteiger partial charge in [-0.15, -0.1) is 0 Å². The number of sulfonamides is 1. The maximum Gasteiger partial charge on any atom is 0.471 e. The normalized spacial score (nSPS) is 24.4. The monoisotopic (exact) mass is 444 g/mol. The summed E-state index contributed by atoms with van der Waals surface area (Å²) < 4.78 is 67.0. The minimum atomic E-state index is -4.93. The molecule has 1 aliphatic carbocycles. The number of amides is 1. The van der Waals surface area contributed by atoms with E-state index in [1.807, 2.05) is 6.92 Å². The van der Waals surface area contributed by atoms with Gasteiger partial charge in [0.05, 0.1) is 4.90 Å². The van der Waals surface area contributed by atoms with Gasteiger partial charge < -0.3 is 4.90 Å². The predicted octanol–water partition coefficient (Wildman–Crippen LogP) is 3.87. The van der Waals surface area contributed by atoms with Gasteiger partial charge in [0.2, 0.25) is 10.0 Å². The Morgan fingerprint density at radius 3 is 2.53 bits per heavy atom. The number of rotatable bonds is 3. The van der Waals surface area contributed by atoms with E-state index < -0.39 is 22.1 Å². The summed E-state index contributed by atoms with van der Waals surface area (Å²) in [7, 11) is -3.76. The highest BCUT2D eigenvalue weighted by Crippen LogP contribution is 2.49. The lowest BCUT2D eigenvalue weighted by molar-refractivity contribution is -0.186. The van der Waals surface area contributed by atoms with Gasteiger partial charge in [-0.1, -0.05) is 25.8 Å². The summed E-state index contributed by atoms with van der Waals surface area (Å²) >= 11 is 0. The molecule has 0 N–H and O–H groups in total. The molecule has 30 heavy (non-hydrogen) atoms. The van der Waals surface area contributed by atoms with Crippen LogP contribution in [0.25, 0.3) is 0 Å². The van der Waals surface area contributed by atoms with Gasteiger partial charge in [0.15, 0.2) is 0 Å². The molecular weight excluding hydrogens is 417 g/mol. The van der Waals surface area contributed by atoms with Crippen molar-refractivity contribution in [2.24, 2.45) is 5.41 Å². The lowest BCUT2D eigenvalue weighted by atomic mass is 9.83. The maximum absolute atomic E-state index is 13.5. The number of alkyl halides is 3. The van der Waals surface area contributed by atoms with Crippen LogP contribution in [0.3, 0.4) is 0 Å². The number of carbonyl (C=O) groups excluding carboxylic acids is 1. The van der Waals surface area contributed by atoms with Crippen LogP contribution < -0.4 is 0 Å². The number of carbonyl (C=O) groups is 1. The van der Waals surface area contributed by atoms with Crippen LogP contribution in [0, 0.1) is 5.41 Å². The second-order valence-electron chi connectivity index (χ2n) is 8.93. The van der Waals surface area contributed by atoms with Gasteiger partial charge in [-0.05, 0) is 60.8 Å². The zero-order valence-corrected chi connectivity index (χ0v) is 17.9. The Labute approximate surface area is 175 Å². The van der Waals surface area contributed by atoms with Gasteiger partial charge in [0, 0.05) is 25.7 Å². The first-order chi connectivity index (χ1) is 14.1. The van der Waals surface area contributed by atoms with E-state index in [9.17, 15) is 26.4 Å². The smallest absolute Gasteiger partial charge is 0.330 e. The standard InChI is InChI=1S/C21H27F3N2O3S/c1-2-17-12-20(8-3-4-9-20)14-26(17)30(28,29)18-6-5-15-7-10-25(13-16(15)11-18)19(27)21(22,23)24/h5-6,11,17H,2-4,7-10,12-14H2,1H3. The molecule has 0 radical (unpaired) electrons. The van der Waals surface area contributed by atoms with E-state index in [0.29, 0.717) is 12.1 Å². The van der Waals surface area contributed by atoms with Gasteiger partial charge in [-0.2, -0.15) is 17.5 Å². The Hall–Kier alpha value is -1.61. The first kappa shape index (κ1) is 21.6. The van der Waals surface area contributed by atoms with E-state index in [-0.39, 0.29) is 35.9 Å². The summed E-state index contributed by atoms with van der Waals surface area (Å²) in [6, 6.07) is 4.65. The lowest BCUT2D eigenvalue weighted by Crippen LogP contribution is -2.43. The quantitative estimate of drug-likeness (QED) is 0.711. The van der Waals surface area contributed by atoms with E-state index in [4.69, 9.17) is 0 Å². The third kappa shape index (κ3) is 3.75. The fourth-order valence-electron chi connectivity index (χ4n) is 5.42. The molecule has 1 spiro atoms. The molecule has 2 heterocycles. The van der Waals surface area contributed by atoms with Crippen molar-refractivity contribution in [1.82, 2.24) is 9.21 Å². The molecule has 4 rings (SSSR count). The molecule has 1 saturated carbocycles. The van der Waals surface area contributed by atoms with E-state index in [0.717, 1.165) is 49.0 Å². The molecule has 2 aliphatic heterocycles. The van der Waals surface area contributed by atoms with Gasteiger partial charge in [-0.3, -0.25) is 4.79 Å². The van der Waals surface area contributed by atoms with Crippen LogP contribution in [-0.4, -0.2) is 48.8 Å². The molecule has 1 aromatic carbocycles. The first-order valence-electron chi connectivity index (χ1n) is 10.6. The topological polar surface area (TPSA) is 57.7 Å². The van der Waals surface area contributed by atoms with Crippen LogP contribution in [0.1, 0.15) is 56.6 Å². The van der Waals surface area contributed by atoms with Crippen LogP contribution in [0.4, 0.5) is 13.2 Å². The molecular formula is C21H27F3N2O3S. The molecule has 1 aromatic rings. The molecule has 9 heteroatoms. The highest BCUT2D eigenvalue weighted by molar-refractivity contribution is 7.89. The van der Waals surface area contributed by atoms with E-state index in [1.165, 1.54) is 6.07 Å². The van der Waals surface area contributed by atoms with Crippen molar-refractivity contribution >= 4 is 15.9 Å². The molecule has 0 bridgehead atoms. The number of halogens is 3. The second-order valence-corrected chi connectivity index (χ2v) is 10.8. The van der Waals surface area contributed by atoms with Crippen molar-refractivity contribution in [2.75, 3.05) is 13.1 Å². The first-order valence-corrected chi connectivity index (χ1v) is 12.0. The van der Waals surface area contributed by atoms with Crippen LogP contribution in [-0.2, 0) is 27.8 Å². The highest BCUT2D eigenvalue weighted by Gasteiger charge is 2.49. The van der Waals surface area contributed by atoms with E-state index >= 15 is 0 Å². The largest absolute Gasteiger partial charge is 0.471 e. The Morgan fingerprint density at radius 2 is 1.90 bits per heavy atom. The number of benzene rings is 1. The average molecular weight is 445 g/mol. The third-order valence-electron chi connectivity index (χ3n) is 7.03. The van der Waals surface area contributed by atoms with Crippen molar-refractivity contribution in [2.45, 2.75) is 75.5 Å². The van der Waals surface area contributed by atoms with Crippen LogP contribution in [0.2, 0.25) is 0 Å². The van der Waals surface area contributed by atoms with Gasteiger partial charge in [0.25, 0.3) is 0 Å². The third-order valence-corrected chi connectivity index (χ3v) is 8.92. The Bertz CT molecular complexity index is 939. The predicted molar refractivity (Wildman–Crippen MR) is 105 cm³/mol. The fraction of sp³-hybridized carbons (Fsp3) is 0.667. The maximum atomic E-state index is 13.5. The van der Waals surface area contributed by atoms with Crippen LogP contribution in [0.5, 0.6) is 0 Å². The van der Waals surface area contributed by atoms with E-state index in [1.54, 1.807) is 16.4 Å². The molecule has 166 valence electrons. The average Bonchev–Trinajstić information content (AvgIpc) is 3.33. The summed E-state index contributed by atoms with van der Waals surface area (Å²) in [4.78, 5) is 12.5. The van der Waals surface area contributed by atoms with Gasteiger partial charge >= 0.3 is 12.1 Å². The summed E-state index contributed by atoms with van der Waals surface area (Å²) in [5.74, 6) is -1.88. The lowest BCUT2D eigenvalue weighted by Gasteiger charge is -2.30. The van der Waals surface area contributed by atoms with E-state index in [2.05, 4.69) is 0 Å². The van der Waals surface area contributed by atoms with Gasteiger partial charge in [0.1, 0.15) is 0 Å². The molecule has 1 unspecified atom stereocenters. The molecule has 1 amide bonds. The van der Waals surface area contributed by atoms with Crippen molar-refractivity contribution in [3.63, 3.8) is 0 Å². The Morgan fingerprint density at radius 1 is 1.20 bits per heavy atom. The highest BCUT2D eigenvalue weighted by atomic mass is 32.2. The number of fused-ring (bicyclic) bond motifs is 1. The number of nitrogens with zero attached hydrogens (tertiary/aromatic N) is 2. The van der Waals surface area contributed by atoms with Crippen LogP contribution in [0.15, 0.2) is 23.1 Å². The Kier molecular flexibility index (Phi) is 5.41. The Balaban J connectivity index is 1.61. The summed E-state index contributed by atoms with van der Waals surface area (Å²) in [6.45, 7) is 2.26. The van der Waals surface area contributed by atoms with Crippen LogP contribution >= 0.6 is 0 Å². The molecule has 5 nitrogen and oxygen atoms in total. The van der Waals surface area contributed by atoms with Crippen molar-refractivity contribution < 1.29 is 26.4 Å². The molecule has 1 saturated heterocycles. The summed E-state index contributed by atoms with van der Waals surface area (Å²) in [6.07, 6.45) is 1.32. The zero-order chi connectivity index (χ0) is 21.7. The van der Waals surface area contributed by atoms with Crippen molar-refractivity contribution in [3.8, 4) is 0 Å². The number of hydrogen-bond acceptors (Lipinski definition) is 3. The summed E-state index contributed by atoms with van der Waals surface area (Å²) in [5.41, 5.74) is 1.33. The molecule has 2 fully saturated rings. The SMILES string of the molecule is CCC1CC2(CCCC2)CN1S(=O)(=O)c1ccc2c(c1)CN(C(=O)C(F)(F)F)CC2. The number of hydrogen-bond donors (Lipinski definition) is 0. The van der Waals surface area contributed by atoms with Crippen molar-refractivity contribution in [1.29, 1.82) is 0 Å². The second kappa shape index (κ2) is 7.51.